The van der Waals surface area contributed by atoms with Crippen LogP contribution >= 0.6 is 0 Å². The number of nitrogens with one attached hydrogen (secondary N) is 3. The van der Waals surface area contributed by atoms with Gasteiger partial charge in [-0.2, -0.15) is 0 Å². The molecule has 1 saturated heterocycles. The second-order valence-electron chi connectivity index (χ2n) is 9.16. The molecule has 2 heterocycles. The molecule has 1 aliphatic rings. The summed E-state index contributed by atoms with van der Waals surface area (Å²) in [5.41, 5.74) is 13.0. The maximum Gasteiger partial charge on any atom is 0.326 e. The molecule has 1 aromatic heterocycles. The number of aromatic nitrogens is 1. The summed E-state index contributed by atoms with van der Waals surface area (Å²) in [5.74, 6) is -4.57. The number of para-hydroxylation sites is 1. The van der Waals surface area contributed by atoms with E-state index in [0.717, 1.165) is 16.5 Å². The number of aliphatic hydroxyl groups excluding tert-OH is 1. The molecule has 0 bridgehead atoms. The van der Waals surface area contributed by atoms with E-state index in [1.54, 1.807) is 6.20 Å². The fourth-order valence-electron chi connectivity index (χ4n) is 4.46. The number of likely N-dealkylation sites (tertiary alicyclic amines) is 1. The van der Waals surface area contributed by atoms with Crippen molar-refractivity contribution in [2.24, 2.45) is 11.5 Å². The number of carbonyl (C=O) groups excluding carboxylic acids is 4. The van der Waals surface area contributed by atoms with E-state index in [2.05, 4.69) is 15.6 Å². The van der Waals surface area contributed by atoms with E-state index in [-0.39, 0.29) is 6.42 Å². The number of rotatable bonds is 11. The van der Waals surface area contributed by atoms with Gasteiger partial charge in [-0.05, 0) is 37.8 Å². The zero-order valence-electron chi connectivity index (χ0n) is 20.3. The van der Waals surface area contributed by atoms with Gasteiger partial charge in [0.2, 0.25) is 23.6 Å². The number of aliphatic hydroxyl groups is 1. The van der Waals surface area contributed by atoms with Gasteiger partial charge >= 0.3 is 5.97 Å². The van der Waals surface area contributed by atoms with Gasteiger partial charge < -0.3 is 42.2 Å². The Bertz CT molecular complexity index is 1180. The smallest absolute Gasteiger partial charge is 0.326 e. The Labute approximate surface area is 212 Å². The Hall–Kier alpha value is -3.97. The number of H-pyrrole nitrogens is 1. The first-order chi connectivity index (χ1) is 17.5. The molecule has 4 amide bonds. The van der Waals surface area contributed by atoms with E-state index in [1.165, 1.54) is 11.8 Å². The average Bonchev–Trinajstić information content (AvgIpc) is 3.48. The molecule has 5 unspecified atom stereocenters. The monoisotopic (exact) mass is 516 g/mol. The second kappa shape index (κ2) is 11.8. The van der Waals surface area contributed by atoms with Crippen LogP contribution in [0.4, 0.5) is 0 Å². The summed E-state index contributed by atoms with van der Waals surface area (Å²) in [6, 6.07) is 2.62. The van der Waals surface area contributed by atoms with Gasteiger partial charge in [0.1, 0.15) is 18.1 Å². The minimum absolute atomic E-state index is 0.253. The number of benzene rings is 1. The molecule has 9 N–H and O–H groups in total. The van der Waals surface area contributed by atoms with Gasteiger partial charge in [-0.1, -0.05) is 18.2 Å². The number of aromatic amines is 1. The summed E-state index contributed by atoms with van der Waals surface area (Å²) in [7, 11) is 0. The highest BCUT2D eigenvalue weighted by atomic mass is 16.4. The van der Waals surface area contributed by atoms with Crippen LogP contribution in [0.15, 0.2) is 30.5 Å². The first-order valence-electron chi connectivity index (χ1n) is 11.9. The Morgan fingerprint density at radius 1 is 1.19 bits per heavy atom. The lowest BCUT2D eigenvalue weighted by Crippen LogP contribution is -2.59. The van der Waals surface area contributed by atoms with Crippen molar-refractivity contribution < 1.29 is 34.2 Å². The van der Waals surface area contributed by atoms with Crippen LogP contribution in [0.3, 0.4) is 0 Å². The summed E-state index contributed by atoms with van der Waals surface area (Å²) in [5, 5.41) is 24.7. The van der Waals surface area contributed by atoms with E-state index in [9.17, 15) is 34.2 Å². The number of primary amides is 1. The number of fused-ring (bicyclic) bond motifs is 1. The van der Waals surface area contributed by atoms with Gasteiger partial charge in [0, 0.05) is 23.6 Å². The van der Waals surface area contributed by atoms with E-state index in [4.69, 9.17) is 11.5 Å². The molecule has 2 aromatic rings. The van der Waals surface area contributed by atoms with Crippen molar-refractivity contribution in [3.63, 3.8) is 0 Å². The number of nitrogens with two attached hydrogens (primary N) is 2. The van der Waals surface area contributed by atoms with Gasteiger partial charge in [0.15, 0.2) is 0 Å². The van der Waals surface area contributed by atoms with Crippen LogP contribution in [-0.4, -0.2) is 86.5 Å². The minimum atomic E-state index is -1.63. The number of nitrogens with zero attached hydrogens (tertiary/aromatic N) is 1. The molecule has 200 valence electrons. The first-order valence-corrected chi connectivity index (χ1v) is 11.9. The predicted molar refractivity (Wildman–Crippen MR) is 132 cm³/mol. The molecule has 3 rings (SSSR count). The zero-order chi connectivity index (χ0) is 27.3. The number of hydrogen-bond donors (Lipinski definition) is 7. The van der Waals surface area contributed by atoms with E-state index < -0.39 is 66.3 Å². The fourth-order valence-corrected chi connectivity index (χ4v) is 4.46. The quantitative estimate of drug-likeness (QED) is 0.183. The average molecular weight is 517 g/mol. The molecule has 13 heteroatoms. The first kappa shape index (κ1) is 27.6. The maximum absolute atomic E-state index is 13.2. The number of hydrogen-bond acceptors (Lipinski definition) is 7. The molecule has 13 nitrogen and oxygen atoms in total. The van der Waals surface area contributed by atoms with Crippen molar-refractivity contribution in [1.29, 1.82) is 0 Å². The molecule has 0 saturated carbocycles. The number of carboxylic acid groups (broad SMARTS) is 1. The SMILES string of the molecule is CC(O)C(NC(=O)C1CCCN1C(=O)C(N)Cc1c[nH]c2ccccc12)C(=O)NC(CC(N)=O)C(=O)O. The third-order valence-corrected chi connectivity index (χ3v) is 6.35. The Balaban J connectivity index is 1.67. The fraction of sp³-hybridized carbons (Fsp3) is 0.458. The Kier molecular flexibility index (Phi) is 8.84. The zero-order valence-corrected chi connectivity index (χ0v) is 20.3. The third kappa shape index (κ3) is 6.62. The topological polar surface area (TPSA) is 221 Å². The van der Waals surface area contributed by atoms with Crippen molar-refractivity contribution in [2.45, 2.75) is 62.9 Å². The van der Waals surface area contributed by atoms with Crippen LogP contribution in [0.2, 0.25) is 0 Å². The lowest BCUT2D eigenvalue weighted by atomic mass is 10.0. The molecule has 1 aliphatic heterocycles. The normalized spacial score (nSPS) is 18.6. The predicted octanol–water partition coefficient (Wildman–Crippen LogP) is -1.66. The Morgan fingerprint density at radius 3 is 2.54 bits per heavy atom. The number of amides is 4. The van der Waals surface area contributed by atoms with Crippen LogP contribution in [0, 0.1) is 0 Å². The molecule has 37 heavy (non-hydrogen) atoms. The van der Waals surface area contributed by atoms with Crippen LogP contribution in [0.25, 0.3) is 10.9 Å². The molecule has 1 fully saturated rings. The Morgan fingerprint density at radius 2 is 1.89 bits per heavy atom. The van der Waals surface area contributed by atoms with Gasteiger partial charge in [0.25, 0.3) is 0 Å². The highest BCUT2D eigenvalue weighted by Gasteiger charge is 2.39. The van der Waals surface area contributed by atoms with Crippen molar-refractivity contribution in [3.8, 4) is 0 Å². The largest absolute Gasteiger partial charge is 0.480 e. The molecule has 1 aromatic carbocycles. The molecular formula is C24H32N6O7. The van der Waals surface area contributed by atoms with Crippen molar-refractivity contribution >= 4 is 40.5 Å². The summed E-state index contributed by atoms with van der Waals surface area (Å²) in [4.78, 5) is 65.8. The molecule has 5 atom stereocenters. The number of aliphatic carboxylic acids is 1. The molecule has 0 aliphatic carbocycles. The van der Waals surface area contributed by atoms with Gasteiger partial charge in [0.05, 0.1) is 18.6 Å². The summed E-state index contributed by atoms with van der Waals surface area (Å²) in [6.45, 7) is 1.53. The van der Waals surface area contributed by atoms with Crippen LogP contribution in [0.5, 0.6) is 0 Å². The minimum Gasteiger partial charge on any atom is -0.480 e. The van der Waals surface area contributed by atoms with Crippen molar-refractivity contribution in [2.75, 3.05) is 6.54 Å². The van der Waals surface area contributed by atoms with Crippen molar-refractivity contribution in [1.82, 2.24) is 20.5 Å². The van der Waals surface area contributed by atoms with Crippen molar-refractivity contribution in [3.05, 3.63) is 36.0 Å². The molecular weight excluding hydrogens is 484 g/mol. The summed E-state index contributed by atoms with van der Waals surface area (Å²) < 4.78 is 0. The standard InChI is InChI=1S/C24H32N6O7/c1-12(31)20(22(34)28-17(24(36)37)10-19(26)32)29-21(33)18-7-4-8-30(18)23(35)15(25)9-13-11-27-16-6-3-2-5-14(13)16/h2-3,5-6,11-12,15,17-18,20,27,31H,4,7-10,25H2,1H3,(H2,26,32)(H,28,34)(H,29,33)(H,36,37). The highest BCUT2D eigenvalue weighted by Crippen LogP contribution is 2.22. The number of carbonyl (C=O) groups is 5. The van der Waals surface area contributed by atoms with E-state index >= 15 is 0 Å². The van der Waals surface area contributed by atoms with Gasteiger partial charge in [-0.3, -0.25) is 19.2 Å². The third-order valence-electron chi connectivity index (χ3n) is 6.35. The van der Waals surface area contributed by atoms with E-state index in [1.807, 2.05) is 24.3 Å². The second-order valence-corrected chi connectivity index (χ2v) is 9.16. The summed E-state index contributed by atoms with van der Waals surface area (Å²) in [6.07, 6.45) is 0.839. The molecule has 0 spiro atoms. The lowest BCUT2D eigenvalue weighted by molar-refractivity contribution is -0.145. The maximum atomic E-state index is 13.2. The van der Waals surface area contributed by atoms with E-state index in [0.29, 0.717) is 19.4 Å². The molecule has 0 radical (unpaired) electrons. The lowest BCUT2D eigenvalue weighted by Gasteiger charge is -2.29. The van der Waals surface area contributed by atoms with Crippen LogP contribution < -0.4 is 22.1 Å². The van der Waals surface area contributed by atoms with Crippen LogP contribution in [-0.2, 0) is 30.4 Å². The summed E-state index contributed by atoms with van der Waals surface area (Å²) >= 11 is 0. The highest BCUT2D eigenvalue weighted by molar-refractivity contribution is 5.95. The van der Waals surface area contributed by atoms with Gasteiger partial charge in [-0.25, -0.2) is 4.79 Å². The van der Waals surface area contributed by atoms with Crippen LogP contribution in [0.1, 0.15) is 31.7 Å². The van der Waals surface area contributed by atoms with Gasteiger partial charge in [-0.15, -0.1) is 0 Å². The number of carboxylic acids is 1.